The molecule has 1 aromatic rings. The summed E-state index contributed by atoms with van der Waals surface area (Å²) in [7, 11) is 0. The fourth-order valence-electron chi connectivity index (χ4n) is 1.06. The predicted molar refractivity (Wildman–Crippen MR) is 58.1 cm³/mol. The van der Waals surface area contributed by atoms with E-state index in [1.54, 1.807) is 0 Å². The second-order valence-corrected chi connectivity index (χ2v) is 3.30. The van der Waals surface area contributed by atoms with Crippen LogP contribution in [0.15, 0.2) is 24.7 Å². The van der Waals surface area contributed by atoms with Gasteiger partial charge in [0.1, 0.15) is 6.04 Å². The number of rotatable bonds is 5. The maximum Gasteiger partial charge on any atom is 0.338 e. The molecule has 0 aromatic carbocycles. The molecule has 0 amide bonds. The van der Waals surface area contributed by atoms with Gasteiger partial charge in [-0.3, -0.25) is 0 Å². The molecule has 0 saturated carbocycles. The van der Waals surface area contributed by atoms with Crippen LogP contribution >= 0.6 is 0 Å². The highest BCUT2D eigenvalue weighted by molar-refractivity contribution is 5.97. The van der Waals surface area contributed by atoms with Gasteiger partial charge in [0.05, 0.1) is 6.33 Å². The molecule has 1 atom stereocenters. The molecule has 96 valence electrons. The first-order valence-corrected chi connectivity index (χ1v) is 4.88. The molecule has 0 bridgehead atoms. The van der Waals surface area contributed by atoms with Gasteiger partial charge in [-0.15, -0.1) is 0 Å². The van der Waals surface area contributed by atoms with E-state index in [4.69, 9.17) is 10.8 Å². The number of carbonyl (C=O) groups is 3. The highest BCUT2D eigenvalue weighted by atomic mass is 16.6. The number of carbonyl (C=O) groups excluding carboxylic acids is 2. The van der Waals surface area contributed by atoms with Gasteiger partial charge < -0.3 is 20.6 Å². The minimum absolute atomic E-state index is 0.134. The van der Waals surface area contributed by atoms with E-state index in [1.165, 1.54) is 12.5 Å². The van der Waals surface area contributed by atoms with Crippen LogP contribution < -0.4 is 5.73 Å². The maximum atomic E-state index is 11.3. The van der Waals surface area contributed by atoms with Crippen molar-refractivity contribution in [2.45, 2.75) is 12.5 Å². The Hall–Kier alpha value is -2.48. The SMILES string of the molecule is N[C@@H](Cc1cnc[nH]1)C(=O)OC(=O)/C=C\C(=O)O. The molecule has 1 aromatic heterocycles. The number of imidazole rings is 1. The summed E-state index contributed by atoms with van der Waals surface area (Å²) in [6.07, 6.45) is 4.24. The summed E-state index contributed by atoms with van der Waals surface area (Å²) >= 11 is 0. The molecule has 18 heavy (non-hydrogen) atoms. The second kappa shape index (κ2) is 6.30. The highest BCUT2D eigenvalue weighted by Crippen LogP contribution is 1.98. The van der Waals surface area contributed by atoms with Gasteiger partial charge in [-0.05, 0) is 0 Å². The van der Waals surface area contributed by atoms with Crippen LogP contribution in [0.1, 0.15) is 5.69 Å². The van der Waals surface area contributed by atoms with Crippen LogP contribution in [0.2, 0.25) is 0 Å². The molecule has 0 aliphatic heterocycles. The molecule has 1 heterocycles. The Balaban J connectivity index is 2.45. The molecular weight excluding hydrogens is 242 g/mol. The van der Waals surface area contributed by atoms with Crippen LogP contribution in [0.25, 0.3) is 0 Å². The number of nitrogens with zero attached hydrogens (tertiary/aromatic N) is 1. The van der Waals surface area contributed by atoms with Crippen LogP contribution in [0.4, 0.5) is 0 Å². The Morgan fingerprint density at radius 2 is 2.22 bits per heavy atom. The monoisotopic (exact) mass is 253 g/mol. The van der Waals surface area contributed by atoms with Crippen molar-refractivity contribution in [1.29, 1.82) is 0 Å². The predicted octanol–water partition coefficient (Wildman–Crippen LogP) is -1.01. The summed E-state index contributed by atoms with van der Waals surface area (Å²) in [4.78, 5) is 38.9. The lowest BCUT2D eigenvalue weighted by Crippen LogP contribution is -2.35. The van der Waals surface area contributed by atoms with Crippen molar-refractivity contribution >= 4 is 17.9 Å². The first-order chi connectivity index (χ1) is 8.49. The molecule has 4 N–H and O–H groups in total. The Morgan fingerprint density at radius 1 is 1.50 bits per heavy atom. The number of aromatic amines is 1. The van der Waals surface area contributed by atoms with Crippen molar-refractivity contribution in [1.82, 2.24) is 9.97 Å². The van der Waals surface area contributed by atoms with Crippen molar-refractivity contribution in [3.8, 4) is 0 Å². The Kier molecular flexibility index (Phi) is 4.76. The first-order valence-electron chi connectivity index (χ1n) is 4.88. The van der Waals surface area contributed by atoms with E-state index >= 15 is 0 Å². The average molecular weight is 253 g/mol. The van der Waals surface area contributed by atoms with Gasteiger partial charge in [0.2, 0.25) is 0 Å². The Bertz CT molecular complexity index is 466. The first kappa shape index (κ1) is 13.6. The van der Waals surface area contributed by atoms with E-state index in [0.29, 0.717) is 17.8 Å². The highest BCUT2D eigenvalue weighted by Gasteiger charge is 2.18. The lowest BCUT2D eigenvalue weighted by Gasteiger charge is -2.07. The zero-order valence-electron chi connectivity index (χ0n) is 9.20. The molecular formula is C10H11N3O5. The number of nitrogens with two attached hydrogens (primary N) is 1. The van der Waals surface area contributed by atoms with Crippen LogP contribution in [0.5, 0.6) is 0 Å². The molecule has 0 fully saturated rings. The molecule has 0 unspecified atom stereocenters. The Labute approximate surface area is 101 Å². The summed E-state index contributed by atoms with van der Waals surface area (Å²) in [6.45, 7) is 0. The van der Waals surface area contributed by atoms with Gasteiger partial charge >= 0.3 is 17.9 Å². The van der Waals surface area contributed by atoms with E-state index in [1.807, 2.05) is 0 Å². The molecule has 0 aliphatic rings. The third-order valence-electron chi connectivity index (χ3n) is 1.86. The summed E-state index contributed by atoms with van der Waals surface area (Å²) in [5.41, 5.74) is 6.12. The van der Waals surface area contributed by atoms with Crippen molar-refractivity contribution in [3.63, 3.8) is 0 Å². The number of carboxylic acid groups (broad SMARTS) is 1. The molecule has 1 rings (SSSR count). The van der Waals surface area contributed by atoms with Crippen molar-refractivity contribution in [2.75, 3.05) is 0 Å². The topological polar surface area (TPSA) is 135 Å². The van der Waals surface area contributed by atoms with E-state index in [0.717, 1.165) is 0 Å². The summed E-state index contributed by atoms with van der Waals surface area (Å²) in [5.74, 6) is -3.34. The number of nitrogens with one attached hydrogen (secondary N) is 1. The zero-order chi connectivity index (χ0) is 13.5. The van der Waals surface area contributed by atoms with Crippen LogP contribution in [-0.2, 0) is 25.5 Å². The minimum atomic E-state index is -1.32. The van der Waals surface area contributed by atoms with Crippen molar-refractivity contribution in [3.05, 3.63) is 30.4 Å². The number of aliphatic carboxylic acids is 1. The maximum absolute atomic E-state index is 11.3. The van der Waals surface area contributed by atoms with E-state index < -0.39 is 23.9 Å². The molecule has 8 nitrogen and oxygen atoms in total. The van der Waals surface area contributed by atoms with Gasteiger partial charge in [-0.2, -0.15) is 0 Å². The lowest BCUT2D eigenvalue weighted by molar-refractivity contribution is -0.157. The molecule has 0 spiro atoms. The summed E-state index contributed by atoms with van der Waals surface area (Å²) in [6, 6.07) is -1.03. The third kappa shape index (κ3) is 4.58. The molecule has 0 saturated heterocycles. The molecule has 0 aliphatic carbocycles. The quantitative estimate of drug-likeness (QED) is 0.347. The third-order valence-corrected chi connectivity index (χ3v) is 1.86. The largest absolute Gasteiger partial charge is 0.478 e. The number of H-pyrrole nitrogens is 1. The summed E-state index contributed by atoms with van der Waals surface area (Å²) in [5, 5.41) is 8.26. The van der Waals surface area contributed by atoms with Gasteiger partial charge in [-0.1, -0.05) is 0 Å². The zero-order valence-corrected chi connectivity index (χ0v) is 9.20. The normalized spacial score (nSPS) is 12.3. The number of esters is 2. The van der Waals surface area contributed by atoms with Crippen molar-refractivity contribution < 1.29 is 24.2 Å². The number of ether oxygens (including phenoxy) is 1. The fourth-order valence-corrected chi connectivity index (χ4v) is 1.06. The van der Waals surface area contributed by atoms with E-state index in [-0.39, 0.29) is 6.42 Å². The van der Waals surface area contributed by atoms with E-state index in [9.17, 15) is 14.4 Å². The van der Waals surface area contributed by atoms with Crippen LogP contribution in [0.3, 0.4) is 0 Å². The summed E-state index contributed by atoms with van der Waals surface area (Å²) < 4.78 is 4.32. The van der Waals surface area contributed by atoms with Gasteiger partial charge in [0, 0.05) is 30.5 Å². The fraction of sp³-hybridized carbons (Fsp3) is 0.200. The van der Waals surface area contributed by atoms with Gasteiger partial charge in [0.15, 0.2) is 0 Å². The molecule has 0 radical (unpaired) electrons. The van der Waals surface area contributed by atoms with Gasteiger partial charge in [0.25, 0.3) is 0 Å². The molecule has 8 heteroatoms. The number of aromatic nitrogens is 2. The Morgan fingerprint density at radius 3 is 2.78 bits per heavy atom. The van der Waals surface area contributed by atoms with E-state index in [2.05, 4.69) is 14.7 Å². The minimum Gasteiger partial charge on any atom is -0.478 e. The van der Waals surface area contributed by atoms with Crippen LogP contribution in [0, 0.1) is 0 Å². The van der Waals surface area contributed by atoms with Gasteiger partial charge in [-0.25, -0.2) is 19.4 Å². The standard InChI is InChI=1S/C10H11N3O5/c11-7(3-6-4-12-5-13-6)10(17)18-9(16)2-1-8(14)15/h1-2,4-5,7H,3,11H2,(H,12,13)(H,14,15)/b2-1-/t7-/m0/s1. The lowest BCUT2D eigenvalue weighted by atomic mass is 10.2. The van der Waals surface area contributed by atoms with Crippen LogP contribution in [-0.4, -0.2) is 39.0 Å². The number of carboxylic acids is 1. The van der Waals surface area contributed by atoms with Crippen molar-refractivity contribution in [2.24, 2.45) is 5.73 Å². The number of hydrogen-bond donors (Lipinski definition) is 3. The average Bonchev–Trinajstić information content (AvgIpc) is 2.79. The smallest absolute Gasteiger partial charge is 0.338 e. The second-order valence-electron chi connectivity index (χ2n) is 3.30. The number of hydrogen-bond acceptors (Lipinski definition) is 6.